The fourth-order valence-electron chi connectivity index (χ4n) is 2.19. The van der Waals surface area contributed by atoms with Crippen LogP contribution in [0.3, 0.4) is 0 Å². The van der Waals surface area contributed by atoms with Crippen LogP contribution in [-0.4, -0.2) is 30.6 Å². The highest BCUT2D eigenvalue weighted by molar-refractivity contribution is 5.78. The second kappa shape index (κ2) is 5.44. The van der Waals surface area contributed by atoms with E-state index in [-0.39, 0.29) is 31.2 Å². The molecule has 0 saturated heterocycles. The third kappa shape index (κ3) is 3.65. The maximum atomic E-state index is 12.4. The predicted molar refractivity (Wildman–Crippen MR) is 58.0 cm³/mol. The number of nitrogens with zero attached hydrogens (tertiary/aromatic N) is 1. The molecule has 1 aliphatic carbocycles. The molecule has 1 rings (SSSR count). The minimum absolute atomic E-state index is 0.0454. The summed E-state index contributed by atoms with van der Waals surface area (Å²) in [5.74, 6) is 0.665. The van der Waals surface area contributed by atoms with E-state index in [4.69, 9.17) is 6.42 Å². The predicted octanol–water partition coefficient (Wildman–Crippen LogP) is 2.45. The normalized spacial score (nSPS) is 25.1. The molecule has 96 valence electrons. The van der Waals surface area contributed by atoms with Gasteiger partial charge in [-0.25, -0.2) is 0 Å². The molecule has 0 aliphatic heterocycles. The van der Waals surface area contributed by atoms with Crippen LogP contribution < -0.4 is 0 Å². The Morgan fingerprint density at radius 1 is 1.35 bits per heavy atom. The summed E-state index contributed by atoms with van der Waals surface area (Å²) >= 11 is 0. The maximum Gasteiger partial charge on any atom is 0.391 e. The van der Waals surface area contributed by atoms with E-state index in [0.717, 1.165) is 0 Å². The molecule has 1 saturated carbocycles. The van der Waals surface area contributed by atoms with Gasteiger partial charge in [0.2, 0.25) is 5.91 Å². The summed E-state index contributed by atoms with van der Waals surface area (Å²) in [5.41, 5.74) is 0. The topological polar surface area (TPSA) is 20.3 Å². The van der Waals surface area contributed by atoms with Gasteiger partial charge in [0.05, 0.1) is 12.5 Å². The van der Waals surface area contributed by atoms with Crippen LogP contribution in [0.1, 0.15) is 25.7 Å². The number of carbonyl (C=O) groups is 1. The Morgan fingerprint density at radius 2 is 1.88 bits per heavy atom. The third-order valence-corrected chi connectivity index (χ3v) is 3.24. The molecular formula is C12H16F3NO. The highest BCUT2D eigenvalue weighted by atomic mass is 19.4. The van der Waals surface area contributed by atoms with Gasteiger partial charge in [-0.1, -0.05) is 5.92 Å². The summed E-state index contributed by atoms with van der Waals surface area (Å²) in [6, 6.07) is 0. The van der Waals surface area contributed by atoms with E-state index in [9.17, 15) is 18.0 Å². The minimum atomic E-state index is -4.13. The molecule has 17 heavy (non-hydrogen) atoms. The molecule has 0 unspecified atom stereocenters. The van der Waals surface area contributed by atoms with E-state index in [1.165, 1.54) is 4.90 Å². The van der Waals surface area contributed by atoms with Crippen LogP contribution in [0.4, 0.5) is 13.2 Å². The molecule has 0 N–H and O–H groups in total. The van der Waals surface area contributed by atoms with Gasteiger partial charge < -0.3 is 4.90 Å². The summed E-state index contributed by atoms with van der Waals surface area (Å²) in [7, 11) is 1.58. The first-order valence-electron chi connectivity index (χ1n) is 5.61. The standard InChI is InChI=1S/C12H16F3NO/c1-3-8-16(2)11(17)9-4-6-10(7-5-9)12(13,14)15/h1,9-10H,4-8H2,2H3. The van der Waals surface area contributed by atoms with E-state index in [1.807, 2.05) is 0 Å². The molecule has 0 spiro atoms. The Kier molecular flexibility index (Phi) is 4.44. The average Bonchev–Trinajstić information content (AvgIpc) is 2.27. The maximum absolute atomic E-state index is 12.4. The van der Waals surface area contributed by atoms with Crippen molar-refractivity contribution < 1.29 is 18.0 Å². The number of hydrogen-bond donors (Lipinski definition) is 0. The Balaban J connectivity index is 2.47. The van der Waals surface area contributed by atoms with Crippen molar-refractivity contribution in [1.82, 2.24) is 4.90 Å². The van der Waals surface area contributed by atoms with Crippen LogP contribution in [0.2, 0.25) is 0 Å². The zero-order valence-corrected chi connectivity index (χ0v) is 9.76. The Morgan fingerprint density at radius 3 is 2.29 bits per heavy atom. The molecule has 0 aromatic rings. The lowest BCUT2D eigenvalue weighted by molar-refractivity contribution is -0.185. The summed E-state index contributed by atoms with van der Waals surface area (Å²) < 4.78 is 37.3. The first-order chi connectivity index (χ1) is 7.86. The first kappa shape index (κ1) is 13.9. The summed E-state index contributed by atoms with van der Waals surface area (Å²) in [5, 5.41) is 0. The highest BCUT2D eigenvalue weighted by Gasteiger charge is 2.42. The Labute approximate surface area is 99.2 Å². The van der Waals surface area contributed by atoms with Crippen molar-refractivity contribution >= 4 is 5.91 Å². The minimum Gasteiger partial charge on any atom is -0.334 e. The Bertz CT molecular complexity index is 311. The number of amides is 1. The van der Waals surface area contributed by atoms with E-state index >= 15 is 0 Å². The fraction of sp³-hybridized carbons (Fsp3) is 0.750. The molecular weight excluding hydrogens is 231 g/mol. The van der Waals surface area contributed by atoms with E-state index in [0.29, 0.717) is 12.8 Å². The number of carbonyl (C=O) groups excluding carboxylic acids is 1. The molecule has 0 bridgehead atoms. The molecule has 0 aromatic heterocycles. The van der Waals surface area contributed by atoms with Crippen molar-refractivity contribution in [2.75, 3.05) is 13.6 Å². The van der Waals surface area contributed by atoms with Crippen LogP contribution in [0.25, 0.3) is 0 Å². The quantitative estimate of drug-likeness (QED) is 0.686. The average molecular weight is 247 g/mol. The number of halogens is 3. The van der Waals surface area contributed by atoms with E-state index in [2.05, 4.69) is 5.92 Å². The molecule has 1 aliphatic rings. The molecule has 0 heterocycles. The second-order valence-electron chi connectivity index (χ2n) is 4.49. The van der Waals surface area contributed by atoms with Crippen molar-refractivity contribution in [2.45, 2.75) is 31.9 Å². The Hall–Kier alpha value is -1.18. The fourth-order valence-corrected chi connectivity index (χ4v) is 2.19. The molecule has 0 atom stereocenters. The smallest absolute Gasteiger partial charge is 0.334 e. The summed E-state index contributed by atoms with van der Waals surface area (Å²) in [6.07, 6.45) is 1.65. The van der Waals surface area contributed by atoms with Crippen LogP contribution in [-0.2, 0) is 4.79 Å². The number of rotatable bonds is 2. The van der Waals surface area contributed by atoms with Crippen molar-refractivity contribution in [2.24, 2.45) is 11.8 Å². The van der Waals surface area contributed by atoms with Gasteiger partial charge in [0, 0.05) is 13.0 Å². The van der Waals surface area contributed by atoms with Gasteiger partial charge in [0.15, 0.2) is 0 Å². The SMILES string of the molecule is C#CCN(C)C(=O)C1CCC(C(F)(F)F)CC1. The molecule has 1 amide bonds. The van der Waals surface area contributed by atoms with Crippen molar-refractivity contribution in [1.29, 1.82) is 0 Å². The molecule has 0 aromatic carbocycles. The lowest BCUT2D eigenvalue weighted by atomic mass is 9.81. The van der Waals surface area contributed by atoms with Crippen LogP contribution in [0.5, 0.6) is 0 Å². The van der Waals surface area contributed by atoms with Crippen molar-refractivity contribution in [3.8, 4) is 12.3 Å². The van der Waals surface area contributed by atoms with Crippen LogP contribution in [0.15, 0.2) is 0 Å². The third-order valence-electron chi connectivity index (χ3n) is 3.24. The molecule has 5 heteroatoms. The van der Waals surface area contributed by atoms with Gasteiger partial charge in [-0.15, -0.1) is 6.42 Å². The van der Waals surface area contributed by atoms with Gasteiger partial charge >= 0.3 is 6.18 Å². The zero-order chi connectivity index (χ0) is 13.1. The largest absolute Gasteiger partial charge is 0.391 e. The van der Waals surface area contributed by atoms with Crippen molar-refractivity contribution in [3.05, 3.63) is 0 Å². The molecule has 1 fully saturated rings. The monoisotopic (exact) mass is 247 g/mol. The second-order valence-corrected chi connectivity index (χ2v) is 4.49. The van der Waals surface area contributed by atoms with Gasteiger partial charge in [0.25, 0.3) is 0 Å². The van der Waals surface area contributed by atoms with Crippen LogP contribution in [0, 0.1) is 24.2 Å². The van der Waals surface area contributed by atoms with Crippen LogP contribution >= 0.6 is 0 Å². The van der Waals surface area contributed by atoms with Gasteiger partial charge in [0.1, 0.15) is 0 Å². The van der Waals surface area contributed by atoms with E-state index < -0.39 is 12.1 Å². The zero-order valence-electron chi connectivity index (χ0n) is 9.76. The van der Waals surface area contributed by atoms with Gasteiger partial charge in [-0.05, 0) is 25.7 Å². The van der Waals surface area contributed by atoms with E-state index in [1.54, 1.807) is 7.05 Å². The summed E-state index contributed by atoms with van der Waals surface area (Å²) in [6.45, 7) is 0.206. The van der Waals surface area contributed by atoms with Crippen molar-refractivity contribution in [3.63, 3.8) is 0 Å². The first-order valence-corrected chi connectivity index (χ1v) is 5.61. The number of alkyl halides is 3. The van der Waals surface area contributed by atoms with Gasteiger partial charge in [-0.2, -0.15) is 13.2 Å². The van der Waals surface area contributed by atoms with Gasteiger partial charge in [-0.3, -0.25) is 4.79 Å². The summed E-state index contributed by atoms with van der Waals surface area (Å²) in [4.78, 5) is 13.2. The highest BCUT2D eigenvalue weighted by Crippen LogP contribution is 2.39. The molecule has 2 nitrogen and oxygen atoms in total. The molecule has 0 radical (unpaired) electrons. The lowest BCUT2D eigenvalue weighted by Crippen LogP contribution is -2.37. The number of terminal acetylenes is 1. The number of hydrogen-bond acceptors (Lipinski definition) is 1. The lowest BCUT2D eigenvalue weighted by Gasteiger charge is -2.30.